The first-order valence-electron chi connectivity index (χ1n) is 11.5. The maximum Gasteiger partial charge on any atom is 0.311 e. The Bertz CT molecular complexity index is 993. The number of aromatic amines is 1. The van der Waals surface area contributed by atoms with Crippen LogP contribution in [0, 0.1) is 0 Å². The second-order valence-electron chi connectivity index (χ2n) is 9.85. The number of ether oxygens (including phenoxy) is 1. The van der Waals surface area contributed by atoms with Gasteiger partial charge in [0.2, 0.25) is 0 Å². The Labute approximate surface area is 195 Å². The maximum absolute atomic E-state index is 12.3. The Kier molecular flexibility index (Phi) is 6.81. The summed E-state index contributed by atoms with van der Waals surface area (Å²) in [6.45, 7) is 12.8. The molecule has 2 aliphatic heterocycles. The number of piperazine rings is 1. The molecule has 33 heavy (non-hydrogen) atoms. The highest BCUT2D eigenvalue weighted by molar-refractivity contribution is 6.47. The first-order chi connectivity index (χ1) is 15.6. The molecule has 2 fully saturated rings. The fraction of sp³-hybridized carbons (Fsp3) is 0.565. The van der Waals surface area contributed by atoms with E-state index < -0.39 is 11.2 Å². The molecule has 0 aromatic carbocycles. The minimum atomic E-state index is -1.000. The first-order valence-corrected chi connectivity index (χ1v) is 11.5. The molecule has 2 aromatic rings. The predicted molar refractivity (Wildman–Crippen MR) is 131 cm³/mol. The summed E-state index contributed by atoms with van der Waals surface area (Å²) in [5.41, 5.74) is 0.290. The molecule has 0 spiro atoms. The van der Waals surface area contributed by atoms with Gasteiger partial charge in [0.05, 0.1) is 42.3 Å². The van der Waals surface area contributed by atoms with Crippen molar-refractivity contribution in [2.45, 2.75) is 44.9 Å². The molecule has 0 saturated carbocycles. The topological polar surface area (TPSA) is 103 Å². The summed E-state index contributed by atoms with van der Waals surface area (Å²) >= 11 is 0. The number of hydrogen-bond donors (Lipinski definition) is 3. The van der Waals surface area contributed by atoms with Gasteiger partial charge in [-0.05, 0) is 51.4 Å². The fourth-order valence-electron chi connectivity index (χ4n) is 3.71. The van der Waals surface area contributed by atoms with Crippen molar-refractivity contribution < 1.29 is 14.5 Å². The number of pyridine rings is 2. The lowest BCUT2D eigenvalue weighted by Crippen LogP contribution is -2.56. The van der Waals surface area contributed by atoms with Gasteiger partial charge in [-0.25, -0.2) is 4.98 Å². The van der Waals surface area contributed by atoms with Gasteiger partial charge < -0.3 is 29.7 Å². The normalized spacial score (nSPS) is 18.2. The molecule has 0 bridgehead atoms. The molecule has 4 rings (SSSR count). The van der Waals surface area contributed by atoms with E-state index in [0.29, 0.717) is 17.5 Å². The molecule has 0 unspecified atom stereocenters. The highest BCUT2D eigenvalue weighted by Crippen LogP contribution is 2.24. The van der Waals surface area contributed by atoms with Crippen molar-refractivity contribution in [1.82, 2.24) is 14.9 Å². The van der Waals surface area contributed by atoms with Gasteiger partial charge in [0.15, 0.2) is 0 Å². The van der Waals surface area contributed by atoms with Crippen molar-refractivity contribution in [1.29, 1.82) is 0 Å². The zero-order chi connectivity index (χ0) is 23.6. The van der Waals surface area contributed by atoms with Crippen molar-refractivity contribution in [3.8, 4) is 0 Å². The summed E-state index contributed by atoms with van der Waals surface area (Å²) < 4.78 is 11.2. The third-order valence-corrected chi connectivity index (χ3v) is 6.86. The molecule has 2 saturated heterocycles. The van der Waals surface area contributed by atoms with Gasteiger partial charge in [0.25, 0.3) is 5.56 Å². The zero-order valence-corrected chi connectivity index (χ0v) is 19.9. The van der Waals surface area contributed by atoms with E-state index in [1.165, 1.54) is 0 Å². The number of rotatable bonds is 8. The number of anilines is 3. The number of aromatic nitrogens is 2. The monoisotopic (exact) mass is 455 g/mol. The third-order valence-electron chi connectivity index (χ3n) is 6.86. The van der Waals surface area contributed by atoms with Gasteiger partial charge in [-0.1, -0.05) is 0 Å². The molecule has 3 N–H and O–H groups in total. The van der Waals surface area contributed by atoms with Crippen LogP contribution >= 0.6 is 0 Å². The summed E-state index contributed by atoms with van der Waals surface area (Å²) in [7, 11) is 0.258. The summed E-state index contributed by atoms with van der Waals surface area (Å²) in [5, 5.41) is 13.4. The predicted octanol–water partition coefficient (Wildman–Crippen LogP) is 0.577. The lowest BCUT2D eigenvalue weighted by Gasteiger charge is -2.43. The van der Waals surface area contributed by atoms with Crippen LogP contribution in [0.3, 0.4) is 0 Å². The molecule has 0 amide bonds. The largest absolute Gasteiger partial charge is 0.427 e. The van der Waals surface area contributed by atoms with Crippen LogP contribution in [0.15, 0.2) is 35.4 Å². The molecular formula is C23H34BN5O4. The second-order valence-corrected chi connectivity index (χ2v) is 9.85. The van der Waals surface area contributed by atoms with Gasteiger partial charge in [0.1, 0.15) is 11.5 Å². The maximum atomic E-state index is 12.3. The molecule has 9 nitrogen and oxygen atoms in total. The first kappa shape index (κ1) is 23.8. The van der Waals surface area contributed by atoms with Crippen molar-refractivity contribution >= 4 is 30.1 Å². The minimum Gasteiger partial charge on any atom is -0.427 e. The Morgan fingerprint density at radius 2 is 1.94 bits per heavy atom. The quantitative estimate of drug-likeness (QED) is 0.497. The number of hydrogen-bond acceptors (Lipinski definition) is 8. The van der Waals surface area contributed by atoms with Crippen LogP contribution in [0.25, 0.3) is 0 Å². The van der Waals surface area contributed by atoms with Crippen molar-refractivity contribution in [3.05, 3.63) is 40.9 Å². The van der Waals surface area contributed by atoms with E-state index in [4.69, 9.17) is 9.39 Å². The van der Waals surface area contributed by atoms with Gasteiger partial charge in [-0.15, -0.1) is 0 Å². The van der Waals surface area contributed by atoms with Crippen molar-refractivity contribution in [2.75, 3.05) is 49.6 Å². The second kappa shape index (κ2) is 9.46. The van der Waals surface area contributed by atoms with Crippen molar-refractivity contribution in [3.63, 3.8) is 0 Å². The summed E-state index contributed by atoms with van der Waals surface area (Å²) in [5.74, 6) is 0.601. The Hall–Kier alpha value is -2.40. The van der Waals surface area contributed by atoms with Crippen LogP contribution in [0.1, 0.15) is 27.7 Å². The van der Waals surface area contributed by atoms with E-state index >= 15 is 0 Å². The average Bonchev–Trinajstić information content (AvgIpc) is 2.73. The zero-order valence-electron chi connectivity index (χ0n) is 19.9. The smallest absolute Gasteiger partial charge is 0.311 e. The summed E-state index contributed by atoms with van der Waals surface area (Å²) in [6, 6.07) is 6.25. The summed E-state index contributed by atoms with van der Waals surface area (Å²) in [6.07, 6.45) is 3.47. The Morgan fingerprint density at radius 3 is 2.52 bits per heavy atom. The Balaban J connectivity index is 1.36. The molecular weight excluding hydrogens is 421 g/mol. The van der Waals surface area contributed by atoms with Crippen LogP contribution < -0.4 is 21.2 Å². The van der Waals surface area contributed by atoms with Crippen LogP contribution in [-0.2, 0) is 9.39 Å². The molecule has 178 valence electrons. The SMILES string of the molecule is CC(C)(O)C(C)(C)OBc1c[nH]c(=O)c(Nc2ccc(N3CCN(C4COC4)CC3)cn2)c1. The molecule has 2 aromatic heterocycles. The van der Waals surface area contributed by atoms with Gasteiger partial charge in [0, 0.05) is 32.4 Å². The van der Waals surface area contributed by atoms with Crippen LogP contribution in [0.5, 0.6) is 0 Å². The molecule has 4 heterocycles. The highest BCUT2D eigenvalue weighted by Gasteiger charge is 2.35. The standard InChI is InChI=1S/C23H34BN5O4/c1-22(2,31)23(3,4)33-24-16-11-19(21(30)26-12-16)27-20-6-5-17(13-25-20)28-7-9-29(10-8-28)18-14-32-15-18/h5-6,11-13,18,24,31H,7-10,14-15H2,1-4H3,(H,25,27)(H,26,30). The van der Waals surface area contributed by atoms with Crippen LogP contribution in [0.4, 0.5) is 17.2 Å². The fourth-order valence-corrected chi connectivity index (χ4v) is 3.71. The lowest BCUT2D eigenvalue weighted by atomic mass is 9.83. The number of nitrogens with one attached hydrogen (secondary N) is 2. The van der Waals surface area contributed by atoms with E-state index in [1.807, 2.05) is 32.2 Å². The highest BCUT2D eigenvalue weighted by atomic mass is 16.5. The molecule has 0 radical (unpaired) electrons. The molecule has 10 heteroatoms. The number of H-pyrrole nitrogens is 1. The van der Waals surface area contributed by atoms with Gasteiger partial charge in [-0.3, -0.25) is 9.69 Å². The third kappa shape index (κ3) is 5.58. The molecule has 0 aliphatic carbocycles. The summed E-state index contributed by atoms with van der Waals surface area (Å²) in [4.78, 5) is 24.4. The van der Waals surface area contributed by atoms with Crippen LogP contribution in [-0.4, -0.2) is 84.1 Å². The van der Waals surface area contributed by atoms with E-state index in [9.17, 15) is 9.90 Å². The Morgan fingerprint density at radius 1 is 1.21 bits per heavy atom. The van der Waals surface area contributed by atoms with Crippen LogP contribution in [0.2, 0.25) is 0 Å². The lowest BCUT2D eigenvalue weighted by molar-refractivity contribution is -0.0893. The average molecular weight is 455 g/mol. The number of aliphatic hydroxyl groups is 1. The number of nitrogens with zero attached hydrogens (tertiary/aromatic N) is 3. The van der Waals surface area contributed by atoms with E-state index in [0.717, 1.165) is 50.5 Å². The van der Waals surface area contributed by atoms with Gasteiger partial charge in [-0.2, -0.15) is 0 Å². The molecule has 2 aliphatic rings. The molecule has 0 atom stereocenters. The van der Waals surface area contributed by atoms with E-state index in [-0.39, 0.29) is 13.0 Å². The van der Waals surface area contributed by atoms with E-state index in [1.54, 1.807) is 26.1 Å². The minimum absolute atomic E-state index is 0.234. The van der Waals surface area contributed by atoms with Crippen molar-refractivity contribution in [2.24, 2.45) is 0 Å². The van der Waals surface area contributed by atoms with Gasteiger partial charge >= 0.3 is 7.48 Å². The van der Waals surface area contributed by atoms with E-state index in [2.05, 4.69) is 25.1 Å².